The summed E-state index contributed by atoms with van der Waals surface area (Å²) in [6.07, 6.45) is -3.31. The van der Waals surface area contributed by atoms with Crippen molar-refractivity contribution in [3.8, 4) is 0 Å². The largest absolute Gasteiger partial charge is 0.478 e. The number of imidazole rings is 1. The molecule has 10 nitrogen and oxygen atoms in total. The second-order valence-electron chi connectivity index (χ2n) is 8.62. The molecule has 4 rings (SSSR count). The molecule has 35 heavy (non-hydrogen) atoms. The molecule has 0 bridgehead atoms. The number of aliphatic hydroxyl groups is 1. The number of aromatic nitrogens is 4. The predicted octanol–water partition coefficient (Wildman–Crippen LogP) is 2.66. The van der Waals surface area contributed by atoms with Gasteiger partial charge in [-0.15, -0.1) is 0 Å². The Kier molecular flexibility index (Phi) is 6.00. The number of rotatable bonds is 5. The Morgan fingerprint density at radius 2 is 1.91 bits per heavy atom. The molecule has 1 aromatic carbocycles. The standard InChI is InChI=1S/C21H22F3N5O5S/c1-10(2)16-18-26-13-6-11(9-30)15(35(3,33)34)7-14(13)28(18)4-5-29(16)20-25-8-12(19(31)32)17(27-20)21(22,23)24/h6-8,10,16,30H,4-5,9H2,1-3H3,(H,31,32). The SMILES string of the molecule is CC(C)C1c2nc3cc(CO)c(S(C)(=O)=O)cc3n2CCN1c1ncc(C(=O)O)c(C(F)(F)F)n1. The molecule has 3 heterocycles. The summed E-state index contributed by atoms with van der Waals surface area (Å²) in [6, 6.07) is 2.34. The molecule has 2 aromatic heterocycles. The molecule has 0 aliphatic carbocycles. The van der Waals surface area contributed by atoms with Gasteiger partial charge in [-0.25, -0.2) is 28.2 Å². The third kappa shape index (κ3) is 4.31. The second kappa shape index (κ2) is 8.45. The van der Waals surface area contributed by atoms with Crippen molar-refractivity contribution >= 4 is 32.8 Å². The van der Waals surface area contributed by atoms with Gasteiger partial charge in [0, 0.05) is 25.5 Å². The molecule has 2 N–H and O–H groups in total. The van der Waals surface area contributed by atoms with E-state index in [4.69, 9.17) is 5.11 Å². The maximum atomic E-state index is 13.5. The number of carbonyl (C=O) groups is 1. The van der Waals surface area contributed by atoms with Crippen LogP contribution in [0.2, 0.25) is 0 Å². The Balaban J connectivity index is 1.88. The van der Waals surface area contributed by atoms with E-state index in [1.807, 2.05) is 13.8 Å². The van der Waals surface area contributed by atoms with Gasteiger partial charge in [0.25, 0.3) is 0 Å². The fourth-order valence-corrected chi connectivity index (χ4v) is 5.32. The first kappa shape index (κ1) is 24.9. The van der Waals surface area contributed by atoms with Crippen LogP contribution in [0.3, 0.4) is 0 Å². The quantitative estimate of drug-likeness (QED) is 0.527. The van der Waals surface area contributed by atoms with Crippen molar-refractivity contribution < 1.29 is 36.6 Å². The highest BCUT2D eigenvalue weighted by Gasteiger charge is 2.40. The summed E-state index contributed by atoms with van der Waals surface area (Å²) in [5, 5.41) is 18.8. The Morgan fingerprint density at radius 1 is 1.23 bits per heavy atom. The lowest BCUT2D eigenvalue weighted by atomic mass is 10.00. The lowest BCUT2D eigenvalue weighted by Gasteiger charge is -2.38. The minimum atomic E-state index is -5.00. The van der Waals surface area contributed by atoms with E-state index in [0.717, 1.165) is 6.26 Å². The average molecular weight is 513 g/mol. The van der Waals surface area contributed by atoms with Crippen LogP contribution in [-0.2, 0) is 29.2 Å². The number of fused-ring (bicyclic) bond motifs is 3. The molecule has 0 spiro atoms. The van der Waals surface area contributed by atoms with E-state index in [1.54, 1.807) is 4.57 Å². The number of benzene rings is 1. The first-order chi connectivity index (χ1) is 16.2. The highest BCUT2D eigenvalue weighted by Crippen LogP contribution is 2.38. The smallest absolute Gasteiger partial charge is 0.434 e. The van der Waals surface area contributed by atoms with E-state index < -0.39 is 45.9 Å². The maximum absolute atomic E-state index is 13.5. The number of hydrogen-bond acceptors (Lipinski definition) is 8. The van der Waals surface area contributed by atoms with Crippen LogP contribution in [-0.4, -0.2) is 56.9 Å². The number of anilines is 1. The number of sulfone groups is 1. The van der Waals surface area contributed by atoms with E-state index >= 15 is 0 Å². The van der Waals surface area contributed by atoms with E-state index in [-0.39, 0.29) is 35.4 Å². The molecule has 14 heteroatoms. The molecule has 0 radical (unpaired) electrons. The summed E-state index contributed by atoms with van der Waals surface area (Å²) in [4.78, 5) is 24.9. The second-order valence-corrected chi connectivity index (χ2v) is 10.6. The van der Waals surface area contributed by atoms with Crippen molar-refractivity contribution in [1.82, 2.24) is 19.5 Å². The Hall–Kier alpha value is -3.26. The van der Waals surface area contributed by atoms with Crippen molar-refractivity contribution in [2.75, 3.05) is 17.7 Å². The average Bonchev–Trinajstić information content (AvgIpc) is 3.13. The number of alkyl halides is 3. The number of halogens is 3. The molecule has 1 atom stereocenters. The van der Waals surface area contributed by atoms with Crippen LogP contribution in [0.15, 0.2) is 23.2 Å². The molecule has 0 fully saturated rings. The molecule has 1 aliphatic heterocycles. The van der Waals surface area contributed by atoms with Crippen LogP contribution in [0.25, 0.3) is 11.0 Å². The third-order valence-electron chi connectivity index (χ3n) is 5.86. The van der Waals surface area contributed by atoms with Gasteiger partial charge in [0.05, 0.1) is 28.6 Å². The van der Waals surface area contributed by atoms with E-state index in [1.165, 1.54) is 17.0 Å². The van der Waals surface area contributed by atoms with Crippen molar-refractivity contribution in [3.63, 3.8) is 0 Å². The molecular formula is C21H22F3N5O5S. The molecule has 0 saturated heterocycles. The van der Waals surface area contributed by atoms with Crippen LogP contribution in [0.4, 0.5) is 19.1 Å². The zero-order valence-corrected chi connectivity index (χ0v) is 19.7. The summed E-state index contributed by atoms with van der Waals surface area (Å²) in [5.41, 5.74) is -1.45. The number of aliphatic hydroxyl groups excluding tert-OH is 1. The van der Waals surface area contributed by atoms with Gasteiger partial charge in [0.15, 0.2) is 15.5 Å². The van der Waals surface area contributed by atoms with Crippen molar-refractivity contribution in [1.29, 1.82) is 0 Å². The minimum absolute atomic E-state index is 0.0267. The van der Waals surface area contributed by atoms with Crippen LogP contribution in [0.5, 0.6) is 0 Å². The lowest BCUT2D eigenvalue weighted by molar-refractivity contribution is -0.141. The maximum Gasteiger partial charge on any atom is 0.434 e. The van der Waals surface area contributed by atoms with Gasteiger partial charge in [-0.05, 0) is 23.6 Å². The van der Waals surface area contributed by atoms with Gasteiger partial charge in [0.1, 0.15) is 11.4 Å². The first-order valence-corrected chi connectivity index (χ1v) is 12.4. The fraction of sp³-hybridized carbons (Fsp3) is 0.429. The number of nitrogens with zero attached hydrogens (tertiary/aromatic N) is 5. The first-order valence-electron chi connectivity index (χ1n) is 10.5. The number of carboxylic acids is 1. The van der Waals surface area contributed by atoms with Crippen LogP contribution < -0.4 is 4.90 Å². The lowest BCUT2D eigenvalue weighted by Crippen LogP contribution is -2.42. The Labute approximate surface area is 198 Å². The topological polar surface area (TPSA) is 139 Å². The monoisotopic (exact) mass is 513 g/mol. The van der Waals surface area contributed by atoms with Crippen molar-refractivity contribution in [2.45, 2.75) is 44.1 Å². The zero-order valence-electron chi connectivity index (χ0n) is 18.9. The minimum Gasteiger partial charge on any atom is -0.478 e. The number of carboxylic acid groups (broad SMARTS) is 1. The normalized spacial score (nSPS) is 16.7. The highest BCUT2D eigenvalue weighted by molar-refractivity contribution is 7.90. The Morgan fingerprint density at radius 3 is 2.46 bits per heavy atom. The van der Waals surface area contributed by atoms with Crippen LogP contribution >= 0.6 is 0 Å². The highest BCUT2D eigenvalue weighted by atomic mass is 32.2. The molecular weight excluding hydrogens is 491 g/mol. The van der Waals surface area contributed by atoms with Gasteiger partial charge in [-0.1, -0.05) is 13.8 Å². The molecule has 188 valence electrons. The summed E-state index contributed by atoms with van der Waals surface area (Å²) in [6.45, 7) is 3.57. The van der Waals surface area contributed by atoms with Crippen molar-refractivity contribution in [3.05, 3.63) is 41.0 Å². The third-order valence-corrected chi connectivity index (χ3v) is 7.04. The van der Waals surface area contributed by atoms with Crippen molar-refractivity contribution in [2.24, 2.45) is 5.92 Å². The predicted molar refractivity (Wildman–Crippen MR) is 118 cm³/mol. The molecule has 0 amide bonds. The van der Waals surface area contributed by atoms with Gasteiger partial charge in [-0.3, -0.25) is 0 Å². The molecule has 3 aromatic rings. The van der Waals surface area contributed by atoms with Gasteiger partial charge >= 0.3 is 12.1 Å². The van der Waals surface area contributed by atoms with Gasteiger partial charge in [0.2, 0.25) is 5.95 Å². The summed E-state index contributed by atoms with van der Waals surface area (Å²) < 4.78 is 66.9. The summed E-state index contributed by atoms with van der Waals surface area (Å²) in [5.74, 6) is -1.79. The van der Waals surface area contributed by atoms with E-state index in [0.29, 0.717) is 23.1 Å². The summed E-state index contributed by atoms with van der Waals surface area (Å²) >= 11 is 0. The Bertz CT molecular complexity index is 1440. The molecule has 0 saturated carbocycles. The molecule has 1 aliphatic rings. The fourth-order valence-electron chi connectivity index (χ4n) is 4.40. The summed E-state index contributed by atoms with van der Waals surface area (Å²) in [7, 11) is -3.64. The number of aromatic carboxylic acids is 1. The number of hydrogen-bond donors (Lipinski definition) is 2. The zero-order chi connectivity index (χ0) is 25.9. The van der Waals surface area contributed by atoms with Crippen LogP contribution in [0, 0.1) is 5.92 Å². The van der Waals surface area contributed by atoms with Gasteiger partial charge < -0.3 is 19.7 Å². The molecule has 1 unspecified atom stereocenters. The van der Waals surface area contributed by atoms with Gasteiger partial charge in [-0.2, -0.15) is 13.2 Å². The van der Waals surface area contributed by atoms with E-state index in [9.17, 15) is 31.5 Å². The van der Waals surface area contributed by atoms with E-state index in [2.05, 4.69) is 15.0 Å². The van der Waals surface area contributed by atoms with Crippen LogP contribution in [0.1, 0.15) is 47.3 Å².